The van der Waals surface area contributed by atoms with Crippen LogP contribution in [0.3, 0.4) is 0 Å². The van der Waals surface area contributed by atoms with Crippen molar-refractivity contribution < 1.29 is 8.42 Å². The lowest BCUT2D eigenvalue weighted by atomic mass is 10.1. The van der Waals surface area contributed by atoms with Gasteiger partial charge in [0.05, 0.1) is 11.4 Å². The van der Waals surface area contributed by atoms with Crippen molar-refractivity contribution in [2.75, 3.05) is 21.9 Å². The molecule has 1 saturated heterocycles. The van der Waals surface area contributed by atoms with Crippen molar-refractivity contribution in [3.05, 3.63) is 47.4 Å². The standard InChI is InChI=1S/C20H28N4O2S/c1-14(2)18-12-19(23-20(22-18)15(3)4)21-13-16-7-5-8-17(11-16)24-9-6-10-27(24,25)26/h5,7-8,11-12,14-15H,6,9-10,13H2,1-4H3,(H,21,22,23). The van der Waals surface area contributed by atoms with Gasteiger partial charge < -0.3 is 5.32 Å². The molecule has 1 aromatic carbocycles. The topological polar surface area (TPSA) is 75.2 Å². The highest BCUT2D eigenvalue weighted by atomic mass is 32.2. The third-order valence-electron chi connectivity index (χ3n) is 4.64. The summed E-state index contributed by atoms with van der Waals surface area (Å²) in [6.07, 6.45) is 0.682. The maximum absolute atomic E-state index is 12.1. The summed E-state index contributed by atoms with van der Waals surface area (Å²) in [7, 11) is -3.16. The maximum Gasteiger partial charge on any atom is 0.235 e. The Morgan fingerprint density at radius 1 is 1.11 bits per heavy atom. The zero-order valence-corrected chi connectivity index (χ0v) is 17.3. The highest BCUT2D eigenvalue weighted by Gasteiger charge is 2.28. The lowest BCUT2D eigenvalue weighted by molar-refractivity contribution is 0.599. The first kappa shape index (κ1) is 19.6. The third-order valence-corrected chi connectivity index (χ3v) is 6.51. The van der Waals surface area contributed by atoms with Crippen molar-refractivity contribution in [3.63, 3.8) is 0 Å². The summed E-state index contributed by atoms with van der Waals surface area (Å²) in [6.45, 7) is 9.55. The molecule has 2 heterocycles. The Balaban J connectivity index is 1.78. The summed E-state index contributed by atoms with van der Waals surface area (Å²) in [6, 6.07) is 9.67. The average Bonchev–Trinajstić information content (AvgIpc) is 2.99. The van der Waals surface area contributed by atoms with Crippen molar-refractivity contribution in [2.45, 2.75) is 52.5 Å². The molecule has 6 nitrogen and oxygen atoms in total. The predicted molar refractivity (Wildman–Crippen MR) is 110 cm³/mol. The van der Waals surface area contributed by atoms with Crippen molar-refractivity contribution >= 4 is 21.5 Å². The lowest BCUT2D eigenvalue weighted by Crippen LogP contribution is -2.25. The van der Waals surface area contributed by atoms with Crippen LogP contribution in [0.25, 0.3) is 0 Å². The Morgan fingerprint density at radius 2 is 1.89 bits per heavy atom. The molecule has 3 rings (SSSR count). The van der Waals surface area contributed by atoms with Crippen LogP contribution in [-0.4, -0.2) is 30.7 Å². The van der Waals surface area contributed by atoms with Gasteiger partial charge in [0.1, 0.15) is 11.6 Å². The van der Waals surface area contributed by atoms with Crippen LogP contribution < -0.4 is 9.62 Å². The second-order valence-electron chi connectivity index (χ2n) is 7.61. The van der Waals surface area contributed by atoms with Crippen molar-refractivity contribution in [1.29, 1.82) is 0 Å². The molecule has 1 N–H and O–H groups in total. The monoisotopic (exact) mass is 388 g/mol. The molecule has 1 aliphatic rings. The van der Waals surface area contributed by atoms with Crippen LogP contribution >= 0.6 is 0 Å². The Hall–Kier alpha value is -2.15. The second kappa shape index (κ2) is 7.84. The van der Waals surface area contributed by atoms with Gasteiger partial charge in [-0.2, -0.15) is 0 Å². The molecule has 27 heavy (non-hydrogen) atoms. The molecule has 0 amide bonds. The molecular formula is C20H28N4O2S. The molecule has 0 unspecified atom stereocenters. The van der Waals surface area contributed by atoms with Gasteiger partial charge in [0.2, 0.25) is 10.0 Å². The number of hydrogen-bond donors (Lipinski definition) is 1. The molecule has 0 radical (unpaired) electrons. The van der Waals surface area contributed by atoms with E-state index in [0.717, 1.165) is 28.6 Å². The van der Waals surface area contributed by atoms with E-state index in [2.05, 4.69) is 43.0 Å². The molecule has 0 saturated carbocycles. The quantitative estimate of drug-likeness (QED) is 0.813. The zero-order chi connectivity index (χ0) is 19.6. The third kappa shape index (κ3) is 4.58. The number of hydrogen-bond acceptors (Lipinski definition) is 5. The van der Waals surface area contributed by atoms with Crippen molar-refractivity contribution in [1.82, 2.24) is 9.97 Å². The van der Waals surface area contributed by atoms with E-state index in [1.165, 1.54) is 4.31 Å². The van der Waals surface area contributed by atoms with Crippen LogP contribution in [0.2, 0.25) is 0 Å². The van der Waals surface area contributed by atoms with Gasteiger partial charge in [-0.15, -0.1) is 0 Å². The first-order valence-corrected chi connectivity index (χ1v) is 11.1. The largest absolute Gasteiger partial charge is 0.366 e. The Morgan fingerprint density at radius 3 is 2.52 bits per heavy atom. The fourth-order valence-electron chi connectivity index (χ4n) is 3.07. The molecule has 1 aliphatic heterocycles. The zero-order valence-electron chi connectivity index (χ0n) is 16.4. The van der Waals surface area contributed by atoms with Gasteiger partial charge in [0, 0.05) is 30.8 Å². The van der Waals surface area contributed by atoms with Gasteiger partial charge >= 0.3 is 0 Å². The number of aromatic nitrogens is 2. The number of benzene rings is 1. The Bertz CT molecular complexity index is 884. The van der Waals surface area contributed by atoms with E-state index in [1.54, 1.807) is 0 Å². The van der Waals surface area contributed by atoms with Crippen LogP contribution in [0.5, 0.6) is 0 Å². The summed E-state index contributed by atoms with van der Waals surface area (Å²) in [4.78, 5) is 9.27. The summed E-state index contributed by atoms with van der Waals surface area (Å²) in [5, 5.41) is 3.37. The molecule has 1 aromatic heterocycles. The van der Waals surface area contributed by atoms with Crippen LogP contribution in [0.1, 0.15) is 63.0 Å². The molecular weight excluding hydrogens is 360 g/mol. The fraction of sp³-hybridized carbons (Fsp3) is 0.500. The van der Waals surface area contributed by atoms with Gasteiger partial charge in [0.15, 0.2) is 0 Å². The van der Waals surface area contributed by atoms with E-state index in [-0.39, 0.29) is 11.7 Å². The number of nitrogens with zero attached hydrogens (tertiary/aromatic N) is 3. The first-order chi connectivity index (χ1) is 12.8. The first-order valence-electron chi connectivity index (χ1n) is 9.48. The summed E-state index contributed by atoms with van der Waals surface area (Å²) >= 11 is 0. The summed E-state index contributed by atoms with van der Waals surface area (Å²) in [5.41, 5.74) is 2.78. The Labute approximate surface area is 162 Å². The fourth-order valence-corrected chi connectivity index (χ4v) is 4.63. The molecule has 0 spiro atoms. The average molecular weight is 389 g/mol. The normalized spacial score (nSPS) is 16.3. The van der Waals surface area contributed by atoms with Crippen LogP contribution in [0.4, 0.5) is 11.5 Å². The smallest absolute Gasteiger partial charge is 0.235 e. The van der Waals surface area contributed by atoms with Gasteiger partial charge in [-0.1, -0.05) is 39.8 Å². The highest BCUT2D eigenvalue weighted by molar-refractivity contribution is 7.93. The van der Waals surface area contributed by atoms with Gasteiger partial charge in [-0.25, -0.2) is 18.4 Å². The van der Waals surface area contributed by atoms with E-state index in [4.69, 9.17) is 0 Å². The van der Waals surface area contributed by atoms with Gasteiger partial charge in [0.25, 0.3) is 0 Å². The van der Waals surface area contributed by atoms with E-state index in [0.29, 0.717) is 25.4 Å². The lowest BCUT2D eigenvalue weighted by Gasteiger charge is -2.18. The van der Waals surface area contributed by atoms with E-state index < -0.39 is 10.0 Å². The van der Waals surface area contributed by atoms with Crippen molar-refractivity contribution in [3.8, 4) is 0 Å². The molecule has 0 atom stereocenters. The molecule has 0 aliphatic carbocycles. The minimum absolute atomic E-state index is 0.229. The van der Waals surface area contributed by atoms with E-state index in [9.17, 15) is 8.42 Å². The molecule has 7 heteroatoms. The van der Waals surface area contributed by atoms with Crippen LogP contribution in [0, 0.1) is 0 Å². The summed E-state index contributed by atoms with van der Waals surface area (Å²) < 4.78 is 25.8. The minimum atomic E-state index is -3.16. The predicted octanol–water partition coefficient (Wildman–Crippen LogP) is 3.88. The van der Waals surface area contributed by atoms with E-state index >= 15 is 0 Å². The molecule has 0 bridgehead atoms. The number of rotatable bonds is 6. The molecule has 2 aromatic rings. The second-order valence-corrected chi connectivity index (χ2v) is 9.62. The van der Waals surface area contributed by atoms with Gasteiger partial charge in [-0.3, -0.25) is 4.31 Å². The molecule has 1 fully saturated rings. The maximum atomic E-state index is 12.1. The van der Waals surface area contributed by atoms with Crippen LogP contribution in [0.15, 0.2) is 30.3 Å². The number of nitrogens with one attached hydrogen (secondary N) is 1. The van der Waals surface area contributed by atoms with E-state index in [1.807, 2.05) is 30.3 Å². The highest BCUT2D eigenvalue weighted by Crippen LogP contribution is 2.25. The SMILES string of the molecule is CC(C)c1cc(NCc2cccc(N3CCCS3(=O)=O)c2)nc(C(C)C)n1. The molecule has 146 valence electrons. The Kier molecular flexibility index (Phi) is 5.69. The summed E-state index contributed by atoms with van der Waals surface area (Å²) in [5.74, 6) is 2.45. The number of anilines is 2. The minimum Gasteiger partial charge on any atom is -0.366 e. The number of sulfonamides is 1. The van der Waals surface area contributed by atoms with Crippen LogP contribution in [-0.2, 0) is 16.6 Å². The van der Waals surface area contributed by atoms with Crippen molar-refractivity contribution in [2.24, 2.45) is 0 Å². The van der Waals surface area contributed by atoms with Gasteiger partial charge in [-0.05, 0) is 30.0 Å².